The van der Waals surface area contributed by atoms with Crippen LogP contribution in [0.15, 0.2) is 24.3 Å². The third-order valence-corrected chi connectivity index (χ3v) is 4.41. The summed E-state index contributed by atoms with van der Waals surface area (Å²) in [4.78, 5) is 46.8. The minimum atomic E-state index is -1.21. The van der Waals surface area contributed by atoms with Crippen molar-refractivity contribution < 1.29 is 47.6 Å². The van der Waals surface area contributed by atoms with Crippen LogP contribution in [0.25, 0.3) is 0 Å². The number of carbonyl (C=O) groups excluding carboxylic acids is 4. The molecule has 0 aromatic heterocycles. The second-order valence-corrected chi connectivity index (χ2v) is 6.90. The molecular formula is C21H26O10. The zero-order chi connectivity index (χ0) is 23.1. The molecule has 0 saturated carbocycles. The van der Waals surface area contributed by atoms with Crippen LogP contribution in [-0.4, -0.2) is 62.0 Å². The van der Waals surface area contributed by atoms with E-state index in [1.807, 2.05) is 0 Å². The van der Waals surface area contributed by atoms with Gasteiger partial charge in [-0.3, -0.25) is 19.2 Å². The average molecular weight is 438 g/mol. The van der Waals surface area contributed by atoms with Crippen molar-refractivity contribution >= 4 is 23.9 Å². The number of methoxy groups -OCH3 is 1. The lowest BCUT2D eigenvalue weighted by molar-refractivity contribution is -0.254. The Balaban J connectivity index is 2.54. The monoisotopic (exact) mass is 438 g/mol. The first-order valence-corrected chi connectivity index (χ1v) is 9.56. The van der Waals surface area contributed by atoms with Crippen LogP contribution in [0.2, 0.25) is 0 Å². The maximum atomic E-state index is 11.8. The van der Waals surface area contributed by atoms with Gasteiger partial charge in [0.15, 0.2) is 18.3 Å². The minimum absolute atomic E-state index is 0.279. The van der Waals surface area contributed by atoms with Gasteiger partial charge in [0.25, 0.3) is 0 Å². The molecule has 1 aromatic carbocycles. The van der Waals surface area contributed by atoms with Gasteiger partial charge in [0.1, 0.15) is 24.6 Å². The summed E-state index contributed by atoms with van der Waals surface area (Å²) in [6.07, 6.45) is -5.48. The van der Waals surface area contributed by atoms with Gasteiger partial charge in [0.05, 0.1) is 7.11 Å². The highest BCUT2D eigenvalue weighted by atomic mass is 16.7. The Hall–Kier alpha value is -3.14. The number of benzene rings is 1. The van der Waals surface area contributed by atoms with Crippen LogP contribution in [0, 0.1) is 0 Å². The molecule has 1 aliphatic heterocycles. The molecule has 1 aliphatic rings. The van der Waals surface area contributed by atoms with Gasteiger partial charge in [0, 0.05) is 27.7 Å². The van der Waals surface area contributed by atoms with Gasteiger partial charge in [-0.1, -0.05) is 12.1 Å². The fraction of sp³-hybridized carbons (Fsp3) is 0.524. The van der Waals surface area contributed by atoms with E-state index in [1.165, 1.54) is 34.8 Å². The van der Waals surface area contributed by atoms with Crippen molar-refractivity contribution in [3.8, 4) is 5.75 Å². The lowest BCUT2D eigenvalue weighted by atomic mass is 9.90. The Morgan fingerprint density at radius 1 is 0.839 bits per heavy atom. The number of rotatable bonds is 7. The molecule has 2 rings (SSSR count). The normalized spacial score (nSPS) is 25.1. The fourth-order valence-electron chi connectivity index (χ4n) is 3.32. The summed E-state index contributed by atoms with van der Waals surface area (Å²) in [5.41, 5.74) is 0.553. The summed E-state index contributed by atoms with van der Waals surface area (Å²) in [7, 11) is 1.49. The van der Waals surface area contributed by atoms with Crippen molar-refractivity contribution in [2.24, 2.45) is 0 Å². The van der Waals surface area contributed by atoms with Crippen LogP contribution >= 0.6 is 0 Å². The molecule has 31 heavy (non-hydrogen) atoms. The number of hydrogen-bond donors (Lipinski definition) is 0. The van der Waals surface area contributed by atoms with Gasteiger partial charge in [-0.05, 0) is 17.7 Å². The number of carbonyl (C=O) groups is 4. The van der Waals surface area contributed by atoms with Crippen molar-refractivity contribution in [1.29, 1.82) is 0 Å². The molecule has 1 aromatic rings. The van der Waals surface area contributed by atoms with Gasteiger partial charge in [-0.15, -0.1) is 0 Å². The summed E-state index contributed by atoms with van der Waals surface area (Å²) in [5, 5.41) is 0. The van der Waals surface area contributed by atoms with Gasteiger partial charge in [0.2, 0.25) is 0 Å². The highest BCUT2D eigenvalue weighted by Crippen LogP contribution is 2.38. The van der Waals surface area contributed by atoms with Crippen molar-refractivity contribution in [1.82, 2.24) is 0 Å². The molecular weight excluding hydrogens is 412 g/mol. The first kappa shape index (κ1) is 24.1. The Kier molecular flexibility index (Phi) is 8.38. The third kappa shape index (κ3) is 6.68. The molecule has 10 nitrogen and oxygen atoms in total. The molecule has 0 amide bonds. The maximum Gasteiger partial charge on any atom is 0.303 e. The van der Waals surface area contributed by atoms with Crippen LogP contribution in [0.3, 0.4) is 0 Å². The SMILES string of the molecule is COc1cccc([C@H]2O[C@H](COC(C)=O)[C@@H](OC(C)=O)[C@H](OC(C)=O)[C@H]2OC(C)=O)c1. The molecule has 0 unspecified atom stereocenters. The minimum Gasteiger partial charge on any atom is -0.497 e. The van der Waals surface area contributed by atoms with E-state index in [0.717, 1.165) is 0 Å². The Labute approximate surface area is 179 Å². The molecule has 1 saturated heterocycles. The van der Waals surface area contributed by atoms with Gasteiger partial charge in [-0.25, -0.2) is 0 Å². The predicted octanol–water partition coefficient (Wildman–Crippen LogP) is 1.49. The molecule has 0 radical (unpaired) electrons. The van der Waals surface area contributed by atoms with Crippen LogP contribution in [0.4, 0.5) is 0 Å². The number of hydrogen-bond acceptors (Lipinski definition) is 10. The highest BCUT2D eigenvalue weighted by Gasteiger charge is 2.52. The molecule has 0 spiro atoms. The quantitative estimate of drug-likeness (QED) is 0.457. The molecule has 10 heteroatoms. The van der Waals surface area contributed by atoms with Gasteiger partial charge < -0.3 is 28.4 Å². The molecule has 0 N–H and O–H groups in total. The fourth-order valence-corrected chi connectivity index (χ4v) is 3.32. The van der Waals surface area contributed by atoms with Gasteiger partial charge >= 0.3 is 23.9 Å². The van der Waals surface area contributed by atoms with Crippen molar-refractivity contribution in [3.63, 3.8) is 0 Å². The highest BCUT2D eigenvalue weighted by molar-refractivity contribution is 5.68. The molecule has 0 aliphatic carbocycles. The second kappa shape index (κ2) is 10.8. The number of ether oxygens (including phenoxy) is 6. The van der Waals surface area contributed by atoms with Gasteiger partial charge in [-0.2, -0.15) is 0 Å². The number of esters is 4. The third-order valence-electron chi connectivity index (χ3n) is 4.41. The zero-order valence-electron chi connectivity index (χ0n) is 18.0. The van der Waals surface area contributed by atoms with E-state index in [0.29, 0.717) is 11.3 Å². The van der Waals surface area contributed by atoms with Crippen LogP contribution in [-0.2, 0) is 42.9 Å². The molecule has 5 atom stereocenters. The molecule has 1 heterocycles. The van der Waals surface area contributed by atoms with Crippen LogP contribution < -0.4 is 4.74 Å². The van der Waals surface area contributed by atoms with Crippen LogP contribution in [0.1, 0.15) is 39.4 Å². The topological polar surface area (TPSA) is 124 Å². The van der Waals surface area contributed by atoms with Crippen molar-refractivity contribution in [2.75, 3.05) is 13.7 Å². The van der Waals surface area contributed by atoms with E-state index < -0.39 is 54.4 Å². The lowest BCUT2D eigenvalue weighted by Crippen LogP contribution is -2.59. The molecule has 170 valence electrons. The first-order valence-electron chi connectivity index (χ1n) is 9.56. The van der Waals surface area contributed by atoms with E-state index in [-0.39, 0.29) is 6.61 Å². The summed E-state index contributed by atoms with van der Waals surface area (Å²) in [5.74, 6) is -2.07. The maximum absolute atomic E-state index is 11.8. The average Bonchev–Trinajstić information content (AvgIpc) is 2.68. The Morgan fingerprint density at radius 2 is 1.42 bits per heavy atom. The summed E-state index contributed by atoms with van der Waals surface area (Å²) in [6.45, 7) is 4.47. The van der Waals surface area contributed by atoms with Crippen LogP contribution in [0.5, 0.6) is 5.75 Å². The summed E-state index contributed by atoms with van der Waals surface area (Å²) in [6, 6.07) is 6.81. The predicted molar refractivity (Wildman–Crippen MR) is 104 cm³/mol. The van der Waals surface area contributed by atoms with Crippen molar-refractivity contribution in [3.05, 3.63) is 29.8 Å². The first-order chi connectivity index (χ1) is 14.6. The van der Waals surface area contributed by atoms with E-state index in [2.05, 4.69) is 0 Å². The van der Waals surface area contributed by atoms with E-state index >= 15 is 0 Å². The summed E-state index contributed by atoms with van der Waals surface area (Å²) >= 11 is 0. The van der Waals surface area contributed by atoms with E-state index in [9.17, 15) is 19.2 Å². The Morgan fingerprint density at radius 3 is 1.97 bits per heavy atom. The smallest absolute Gasteiger partial charge is 0.303 e. The largest absolute Gasteiger partial charge is 0.497 e. The Bertz CT molecular complexity index is 820. The molecule has 0 bridgehead atoms. The molecule has 1 fully saturated rings. The second-order valence-electron chi connectivity index (χ2n) is 6.90. The zero-order valence-corrected chi connectivity index (χ0v) is 18.0. The van der Waals surface area contributed by atoms with E-state index in [1.54, 1.807) is 24.3 Å². The standard InChI is InChI=1S/C21H26O10/c1-11(22)27-10-17-19(28-12(2)23)21(30-14(4)25)20(29-13(3)24)18(31-17)15-7-6-8-16(9-15)26-5/h6-9,17-21H,10H2,1-5H3/t17-,18-,19-,20+,21+/m1/s1. The van der Waals surface area contributed by atoms with E-state index in [4.69, 9.17) is 28.4 Å². The van der Waals surface area contributed by atoms with Crippen molar-refractivity contribution in [2.45, 2.75) is 58.2 Å². The lowest BCUT2D eigenvalue weighted by Gasteiger charge is -2.44. The summed E-state index contributed by atoms with van der Waals surface area (Å²) < 4.78 is 32.6.